The molecular formula is C32H40N4O4. The molecule has 1 N–H and O–H groups in total. The van der Waals surface area contributed by atoms with Crippen molar-refractivity contribution in [1.82, 2.24) is 14.7 Å². The fourth-order valence-electron chi connectivity index (χ4n) is 5.49. The SMILES string of the molecule is CCOC(=O)N1CCN(CCOc2ccc(NC(=O)c3ccc(CN4CCCCC4)cc3)c3ccccc23)CC1. The Kier molecular flexibility index (Phi) is 9.52. The van der Waals surface area contributed by atoms with E-state index in [1.54, 1.807) is 4.90 Å². The predicted octanol–water partition coefficient (Wildman–Crippen LogP) is 5.23. The summed E-state index contributed by atoms with van der Waals surface area (Å²) in [4.78, 5) is 31.6. The Labute approximate surface area is 236 Å². The van der Waals surface area contributed by atoms with E-state index in [4.69, 9.17) is 9.47 Å². The van der Waals surface area contributed by atoms with Crippen LogP contribution in [0.15, 0.2) is 60.7 Å². The van der Waals surface area contributed by atoms with E-state index in [-0.39, 0.29) is 12.0 Å². The van der Waals surface area contributed by atoms with Crippen molar-refractivity contribution >= 4 is 28.5 Å². The van der Waals surface area contributed by atoms with Gasteiger partial charge < -0.3 is 19.7 Å². The van der Waals surface area contributed by atoms with E-state index in [1.165, 1.54) is 24.8 Å². The first-order valence-corrected chi connectivity index (χ1v) is 14.5. The van der Waals surface area contributed by atoms with Crippen LogP contribution in [0.5, 0.6) is 5.75 Å². The number of amides is 2. The van der Waals surface area contributed by atoms with Crippen molar-refractivity contribution in [2.75, 3.05) is 64.3 Å². The molecule has 2 aliphatic rings. The number of anilines is 1. The van der Waals surface area contributed by atoms with Crippen LogP contribution in [0.2, 0.25) is 0 Å². The zero-order valence-corrected chi connectivity index (χ0v) is 23.4. The number of carbonyl (C=O) groups is 2. The minimum atomic E-state index is -0.234. The molecule has 2 amide bonds. The monoisotopic (exact) mass is 544 g/mol. The molecule has 2 aliphatic heterocycles. The van der Waals surface area contributed by atoms with Crippen LogP contribution in [0, 0.1) is 0 Å². The van der Waals surface area contributed by atoms with Crippen LogP contribution in [0.3, 0.4) is 0 Å². The number of rotatable bonds is 9. The van der Waals surface area contributed by atoms with E-state index in [0.717, 1.165) is 61.5 Å². The third kappa shape index (κ3) is 7.11. The van der Waals surface area contributed by atoms with Gasteiger partial charge in [-0.15, -0.1) is 0 Å². The van der Waals surface area contributed by atoms with Crippen LogP contribution in [-0.2, 0) is 11.3 Å². The van der Waals surface area contributed by atoms with Crippen molar-refractivity contribution in [2.45, 2.75) is 32.7 Å². The molecule has 0 spiro atoms. The highest BCUT2D eigenvalue weighted by molar-refractivity contribution is 6.10. The van der Waals surface area contributed by atoms with Gasteiger partial charge >= 0.3 is 6.09 Å². The smallest absolute Gasteiger partial charge is 0.409 e. The van der Waals surface area contributed by atoms with Gasteiger partial charge in [0.15, 0.2) is 0 Å². The van der Waals surface area contributed by atoms with E-state index in [1.807, 2.05) is 55.5 Å². The molecule has 0 unspecified atom stereocenters. The second-order valence-corrected chi connectivity index (χ2v) is 10.5. The summed E-state index contributed by atoms with van der Waals surface area (Å²) in [6, 6.07) is 19.8. The summed E-state index contributed by atoms with van der Waals surface area (Å²) in [5, 5.41) is 5.01. The van der Waals surface area contributed by atoms with Gasteiger partial charge in [-0.3, -0.25) is 14.6 Å². The molecule has 0 atom stereocenters. The molecule has 40 heavy (non-hydrogen) atoms. The minimum absolute atomic E-state index is 0.120. The van der Waals surface area contributed by atoms with E-state index in [2.05, 4.69) is 27.2 Å². The zero-order valence-electron chi connectivity index (χ0n) is 23.4. The highest BCUT2D eigenvalue weighted by Gasteiger charge is 2.22. The lowest BCUT2D eigenvalue weighted by atomic mass is 10.1. The summed E-state index contributed by atoms with van der Waals surface area (Å²) in [6.45, 7) is 9.72. The van der Waals surface area contributed by atoms with Gasteiger partial charge in [-0.05, 0) is 62.7 Å². The Hall–Kier alpha value is -3.62. The van der Waals surface area contributed by atoms with Gasteiger partial charge in [0.2, 0.25) is 0 Å². The lowest BCUT2D eigenvalue weighted by Crippen LogP contribution is -2.49. The largest absolute Gasteiger partial charge is 0.492 e. The Bertz CT molecular complexity index is 1280. The molecule has 0 aliphatic carbocycles. The molecule has 0 saturated carbocycles. The van der Waals surface area contributed by atoms with Crippen molar-refractivity contribution in [3.05, 3.63) is 71.8 Å². The maximum absolute atomic E-state index is 13.1. The molecular weight excluding hydrogens is 504 g/mol. The standard InChI is InChI=1S/C32H40N4O4/c1-2-39-32(38)36-20-18-34(19-21-36)22-23-40-30-15-14-29(27-8-4-5-9-28(27)30)33-31(37)26-12-10-25(11-13-26)24-35-16-6-3-7-17-35/h4-5,8-15H,2-3,6-7,16-24H2,1H3,(H,33,37). The van der Waals surface area contributed by atoms with Crippen LogP contribution in [-0.4, -0.2) is 85.7 Å². The van der Waals surface area contributed by atoms with Crippen molar-refractivity contribution in [2.24, 2.45) is 0 Å². The van der Waals surface area contributed by atoms with E-state index in [0.29, 0.717) is 31.9 Å². The average molecular weight is 545 g/mol. The third-order valence-electron chi connectivity index (χ3n) is 7.77. The number of likely N-dealkylation sites (tertiary alicyclic amines) is 1. The molecule has 8 heteroatoms. The minimum Gasteiger partial charge on any atom is -0.492 e. The second-order valence-electron chi connectivity index (χ2n) is 10.5. The predicted molar refractivity (Wildman–Crippen MR) is 158 cm³/mol. The maximum atomic E-state index is 13.1. The van der Waals surface area contributed by atoms with Crippen molar-refractivity contribution in [3.8, 4) is 5.75 Å². The Balaban J connectivity index is 1.16. The normalized spacial score (nSPS) is 16.6. The molecule has 5 rings (SSSR count). The Morgan fingerprint density at radius 2 is 1.52 bits per heavy atom. The van der Waals surface area contributed by atoms with E-state index >= 15 is 0 Å². The molecule has 0 bridgehead atoms. The first kappa shape index (κ1) is 27.9. The summed E-state index contributed by atoms with van der Waals surface area (Å²) in [6.07, 6.45) is 3.64. The molecule has 212 valence electrons. The number of ether oxygens (including phenoxy) is 2. The summed E-state index contributed by atoms with van der Waals surface area (Å²) in [5.74, 6) is 0.672. The molecule has 3 aromatic carbocycles. The number of hydrogen-bond donors (Lipinski definition) is 1. The van der Waals surface area contributed by atoms with Gasteiger partial charge in [0, 0.05) is 61.3 Å². The van der Waals surface area contributed by atoms with E-state index in [9.17, 15) is 9.59 Å². The second kappa shape index (κ2) is 13.6. The van der Waals surface area contributed by atoms with E-state index < -0.39 is 0 Å². The van der Waals surface area contributed by atoms with Gasteiger partial charge in [0.05, 0.1) is 6.61 Å². The number of benzene rings is 3. The Morgan fingerprint density at radius 3 is 2.25 bits per heavy atom. The number of hydrogen-bond acceptors (Lipinski definition) is 6. The number of carbonyl (C=O) groups excluding carboxylic acids is 2. The number of piperazine rings is 1. The van der Waals surface area contributed by atoms with Crippen molar-refractivity contribution < 1.29 is 19.1 Å². The van der Waals surface area contributed by atoms with Gasteiger partial charge in [-0.25, -0.2) is 4.79 Å². The van der Waals surface area contributed by atoms with Crippen LogP contribution >= 0.6 is 0 Å². The fourth-order valence-corrected chi connectivity index (χ4v) is 5.49. The summed E-state index contributed by atoms with van der Waals surface area (Å²) in [7, 11) is 0. The first-order chi connectivity index (χ1) is 19.6. The van der Waals surface area contributed by atoms with Gasteiger partial charge in [-0.1, -0.05) is 42.8 Å². The summed E-state index contributed by atoms with van der Waals surface area (Å²) >= 11 is 0. The van der Waals surface area contributed by atoms with Gasteiger partial charge in [0.25, 0.3) is 5.91 Å². The Morgan fingerprint density at radius 1 is 0.800 bits per heavy atom. The van der Waals surface area contributed by atoms with Gasteiger partial charge in [-0.2, -0.15) is 0 Å². The summed E-state index contributed by atoms with van der Waals surface area (Å²) in [5.41, 5.74) is 2.65. The number of nitrogens with zero attached hydrogens (tertiary/aromatic N) is 3. The highest BCUT2D eigenvalue weighted by Crippen LogP contribution is 2.32. The molecule has 0 aromatic heterocycles. The number of piperidine rings is 1. The maximum Gasteiger partial charge on any atom is 0.409 e. The van der Waals surface area contributed by atoms with Gasteiger partial charge in [0.1, 0.15) is 12.4 Å². The molecule has 2 heterocycles. The van der Waals surface area contributed by atoms with Crippen LogP contribution in [0.25, 0.3) is 10.8 Å². The van der Waals surface area contributed by atoms with Crippen molar-refractivity contribution in [1.29, 1.82) is 0 Å². The number of nitrogens with one attached hydrogen (secondary N) is 1. The molecule has 2 fully saturated rings. The lowest BCUT2D eigenvalue weighted by Gasteiger charge is -2.33. The van der Waals surface area contributed by atoms with Crippen LogP contribution < -0.4 is 10.1 Å². The fraction of sp³-hybridized carbons (Fsp3) is 0.438. The first-order valence-electron chi connectivity index (χ1n) is 14.5. The molecule has 2 saturated heterocycles. The number of fused-ring (bicyclic) bond motifs is 1. The molecule has 3 aromatic rings. The van der Waals surface area contributed by atoms with Crippen molar-refractivity contribution in [3.63, 3.8) is 0 Å². The highest BCUT2D eigenvalue weighted by atomic mass is 16.6. The lowest BCUT2D eigenvalue weighted by molar-refractivity contribution is 0.0758. The zero-order chi connectivity index (χ0) is 27.7. The van der Waals surface area contributed by atoms with Crippen LogP contribution in [0.4, 0.5) is 10.5 Å². The summed E-state index contributed by atoms with van der Waals surface area (Å²) < 4.78 is 11.3. The van der Waals surface area contributed by atoms with Crippen LogP contribution in [0.1, 0.15) is 42.1 Å². The quantitative estimate of drug-likeness (QED) is 0.398. The average Bonchev–Trinajstić information content (AvgIpc) is 2.99. The molecule has 0 radical (unpaired) electrons. The third-order valence-corrected chi connectivity index (χ3v) is 7.77. The topological polar surface area (TPSA) is 74.4 Å². The molecule has 8 nitrogen and oxygen atoms in total.